The van der Waals surface area contributed by atoms with Crippen LogP contribution in [0, 0.1) is 0 Å². The third kappa shape index (κ3) is 10.6. The fraction of sp³-hybridized carbons (Fsp3) is 0.867. The molecule has 0 amide bonds. The van der Waals surface area contributed by atoms with E-state index in [1.54, 1.807) is 0 Å². The highest BCUT2D eigenvalue weighted by molar-refractivity contribution is 8.00. The van der Waals surface area contributed by atoms with E-state index < -0.39 is 0 Å². The number of hydrogen-bond donors (Lipinski definition) is 0. The summed E-state index contributed by atoms with van der Waals surface area (Å²) >= 11 is 2.11. The fourth-order valence-electron chi connectivity index (χ4n) is 1.92. The van der Waals surface area contributed by atoms with Crippen molar-refractivity contribution in [1.82, 2.24) is 0 Å². The molecule has 0 heterocycles. The van der Waals surface area contributed by atoms with Gasteiger partial charge in [-0.1, -0.05) is 64.9 Å². The minimum atomic E-state index is 0.888. The van der Waals surface area contributed by atoms with Crippen molar-refractivity contribution in [2.24, 2.45) is 0 Å². The Bertz CT molecular complexity index is 142. The second kappa shape index (κ2) is 13.2. The molecule has 0 aliphatic rings. The van der Waals surface area contributed by atoms with E-state index in [0.29, 0.717) is 0 Å². The molecule has 0 fully saturated rings. The Balaban J connectivity index is 3.51. The summed E-state index contributed by atoms with van der Waals surface area (Å²) in [7, 11) is 0. The molecule has 0 N–H and O–H groups in total. The summed E-state index contributed by atoms with van der Waals surface area (Å²) in [6.45, 7) is 8.38. The first-order valence-electron chi connectivity index (χ1n) is 7.07. The molecule has 0 aromatic rings. The highest BCUT2D eigenvalue weighted by Crippen LogP contribution is 2.23. The molecule has 0 spiro atoms. The topological polar surface area (TPSA) is 0 Å². The zero-order valence-electron chi connectivity index (χ0n) is 11.3. The molecule has 0 aromatic carbocycles. The summed E-state index contributed by atoms with van der Waals surface area (Å²) in [5.41, 5.74) is 0. The van der Waals surface area contributed by atoms with Crippen LogP contribution in [0.1, 0.15) is 71.6 Å². The number of hydrogen-bond acceptors (Lipinski definition) is 1. The molecule has 0 radical (unpaired) electrons. The number of unbranched alkanes of at least 4 members (excludes halogenated alkanes) is 5. The van der Waals surface area contributed by atoms with Crippen molar-refractivity contribution in [2.45, 2.75) is 76.9 Å². The molecule has 0 aromatic heterocycles. The predicted octanol–water partition coefficient (Wildman–Crippen LogP) is 5.82. The Labute approximate surface area is 107 Å². The summed E-state index contributed by atoms with van der Waals surface area (Å²) in [4.78, 5) is 0. The van der Waals surface area contributed by atoms with Gasteiger partial charge in [0.15, 0.2) is 0 Å². The molecule has 1 unspecified atom stereocenters. The maximum atomic E-state index is 3.81. The van der Waals surface area contributed by atoms with Crippen molar-refractivity contribution >= 4 is 11.8 Å². The average molecular weight is 242 g/mol. The van der Waals surface area contributed by atoms with Crippen molar-refractivity contribution < 1.29 is 0 Å². The molecule has 1 atom stereocenters. The third-order valence-electron chi connectivity index (χ3n) is 2.96. The smallest absolute Gasteiger partial charge is 0.0113 e. The highest BCUT2D eigenvalue weighted by atomic mass is 32.2. The maximum Gasteiger partial charge on any atom is 0.0113 e. The minimum Gasteiger partial charge on any atom is -0.154 e. The van der Waals surface area contributed by atoms with Crippen LogP contribution >= 0.6 is 11.8 Å². The van der Waals surface area contributed by atoms with E-state index in [4.69, 9.17) is 0 Å². The van der Waals surface area contributed by atoms with Gasteiger partial charge in [0, 0.05) is 11.0 Å². The standard InChI is InChI=1S/C15H30S/c1-4-7-9-10-11-13-15(12-8-5-2)16-14-6-3/h6,15H,3-5,7-14H2,1-2H3. The van der Waals surface area contributed by atoms with E-state index in [1.165, 1.54) is 57.8 Å². The first-order valence-corrected chi connectivity index (χ1v) is 8.12. The lowest BCUT2D eigenvalue weighted by Gasteiger charge is -2.15. The molecule has 0 aliphatic carbocycles. The van der Waals surface area contributed by atoms with Crippen molar-refractivity contribution in [3.63, 3.8) is 0 Å². The van der Waals surface area contributed by atoms with E-state index in [-0.39, 0.29) is 0 Å². The second-order valence-corrected chi connectivity index (χ2v) is 5.92. The quantitative estimate of drug-likeness (QED) is 0.307. The zero-order valence-corrected chi connectivity index (χ0v) is 12.2. The molecule has 0 saturated heterocycles. The molecule has 0 bridgehead atoms. The van der Waals surface area contributed by atoms with Crippen LogP contribution in [0.4, 0.5) is 0 Å². The normalized spacial score (nSPS) is 12.6. The summed E-state index contributed by atoms with van der Waals surface area (Å²) in [5, 5.41) is 0.888. The molecule has 16 heavy (non-hydrogen) atoms. The summed E-state index contributed by atoms with van der Waals surface area (Å²) in [6, 6.07) is 0. The van der Waals surface area contributed by atoms with Gasteiger partial charge in [-0.15, -0.1) is 6.58 Å². The van der Waals surface area contributed by atoms with E-state index in [1.807, 2.05) is 6.08 Å². The summed E-state index contributed by atoms with van der Waals surface area (Å²) in [6.07, 6.45) is 14.7. The van der Waals surface area contributed by atoms with Crippen LogP contribution in [0.5, 0.6) is 0 Å². The van der Waals surface area contributed by atoms with E-state index in [9.17, 15) is 0 Å². The van der Waals surface area contributed by atoms with Gasteiger partial charge in [0.05, 0.1) is 0 Å². The van der Waals surface area contributed by atoms with Gasteiger partial charge >= 0.3 is 0 Å². The molecule has 1 heteroatoms. The molecule has 0 rings (SSSR count). The Morgan fingerprint density at radius 1 is 0.938 bits per heavy atom. The third-order valence-corrected chi connectivity index (χ3v) is 4.33. The van der Waals surface area contributed by atoms with Crippen LogP contribution in [0.2, 0.25) is 0 Å². The Kier molecular flexibility index (Phi) is 13.2. The van der Waals surface area contributed by atoms with Gasteiger partial charge in [0.1, 0.15) is 0 Å². The SMILES string of the molecule is C=CCSC(CCCC)CCCCCCC. The van der Waals surface area contributed by atoms with Crippen LogP contribution in [0.15, 0.2) is 12.7 Å². The van der Waals surface area contributed by atoms with Crippen LogP contribution < -0.4 is 0 Å². The average Bonchev–Trinajstić information content (AvgIpc) is 2.31. The van der Waals surface area contributed by atoms with Crippen molar-refractivity contribution in [1.29, 1.82) is 0 Å². The fourth-order valence-corrected chi connectivity index (χ4v) is 3.00. The minimum absolute atomic E-state index is 0.888. The molecule has 0 nitrogen and oxygen atoms in total. The van der Waals surface area contributed by atoms with Gasteiger partial charge in [-0.3, -0.25) is 0 Å². The Hall–Kier alpha value is 0.0900. The van der Waals surface area contributed by atoms with Crippen LogP contribution in [-0.4, -0.2) is 11.0 Å². The molecule has 0 saturated carbocycles. The molecule has 0 aliphatic heterocycles. The molecule has 96 valence electrons. The van der Waals surface area contributed by atoms with Crippen LogP contribution in [0.3, 0.4) is 0 Å². The van der Waals surface area contributed by atoms with Gasteiger partial charge in [-0.05, 0) is 12.8 Å². The van der Waals surface area contributed by atoms with Gasteiger partial charge in [-0.25, -0.2) is 0 Å². The lowest BCUT2D eigenvalue weighted by molar-refractivity contribution is 0.571. The monoisotopic (exact) mass is 242 g/mol. The van der Waals surface area contributed by atoms with Crippen LogP contribution in [-0.2, 0) is 0 Å². The largest absolute Gasteiger partial charge is 0.154 e. The Morgan fingerprint density at radius 2 is 1.56 bits per heavy atom. The van der Waals surface area contributed by atoms with E-state index >= 15 is 0 Å². The lowest BCUT2D eigenvalue weighted by atomic mass is 10.1. The maximum absolute atomic E-state index is 3.81. The van der Waals surface area contributed by atoms with E-state index in [0.717, 1.165) is 11.0 Å². The van der Waals surface area contributed by atoms with Crippen molar-refractivity contribution in [3.8, 4) is 0 Å². The van der Waals surface area contributed by atoms with Crippen molar-refractivity contribution in [2.75, 3.05) is 5.75 Å². The number of thioether (sulfide) groups is 1. The second-order valence-electron chi connectivity index (χ2n) is 4.59. The van der Waals surface area contributed by atoms with Crippen molar-refractivity contribution in [3.05, 3.63) is 12.7 Å². The van der Waals surface area contributed by atoms with Gasteiger partial charge in [-0.2, -0.15) is 11.8 Å². The number of rotatable bonds is 12. The van der Waals surface area contributed by atoms with Gasteiger partial charge < -0.3 is 0 Å². The first-order chi connectivity index (χ1) is 7.85. The predicted molar refractivity (Wildman–Crippen MR) is 79.3 cm³/mol. The van der Waals surface area contributed by atoms with E-state index in [2.05, 4.69) is 32.2 Å². The zero-order chi connectivity index (χ0) is 12.1. The lowest BCUT2D eigenvalue weighted by Crippen LogP contribution is -2.03. The Morgan fingerprint density at radius 3 is 2.19 bits per heavy atom. The summed E-state index contributed by atoms with van der Waals surface area (Å²) in [5.74, 6) is 1.13. The van der Waals surface area contributed by atoms with Gasteiger partial charge in [0.2, 0.25) is 0 Å². The van der Waals surface area contributed by atoms with Crippen LogP contribution in [0.25, 0.3) is 0 Å². The first kappa shape index (κ1) is 16.1. The molecular weight excluding hydrogens is 212 g/mol. The van der Waals surface area contributed by atoms with Gasteiger partial charge in [0.25, 0.3) is 0 Å². The molecular formula is C15H30S. The highest BCUT2D eigenvalue weighted by Gasteiger charge is 2.07. The summed E-state index contributed by atoms with van der Waals surface area (Å²) < 4.78 is 0.